The zero-order valence-corrected chi connectivity index (χ0v) is 19.9. The highest BCUT2D eigenvalue weighted by molar-refractivity contribution is 5.66. The second-order valence-electron chi connectivity index (χ2n) is 8.91. The average Bonchev–Trinajstić information content (AvgIpc) is 2.85. The maximum absolute atomic E-state index is 15.0. The maximum atomic E-state index is 15.0. The minimum Gasteiger partial charge on any atom is -0.494 e. The Kier molecular flexibility index (Phi) is 8.98. The molecule has 0 aliphatic heterocycles. The van der Waals surface area contributed by atoms with Gasteiger partial charge in [-0.3, -0.25) is 0 Å². The summed E-state index contributed by atoms with van der Waals surface area (Å²) in [4.78, 5) is 0. The summed E-state index contributed by atoms with van der Waals surface area (Å²) in [5, 5.41) is 0. The van der Waals surface area contributed by atoms with Crippen molar-refractivity contribution in [3.8, 4) is 11.1 Å². The largest absolute Gasteiger partial charge is 0.494 e. The maximum Gasteiger partial charge on any atom is 0.166 e. The van der Waals surface area contributed by atoms with E-state index in [0.29, 0.717) is 35.6 Å². The first kappa shape index (κ1) is 25.6. The molecule has 2 aromatic carbocycles. The van der Waals surface area contributed by atoms with E-state index in [1.165, 1.54) is 6.08 Å². The number of hydrogen-bond acceptors (Lipinski definition) is 1. The fourth-order valence-electron chi connectivity index (χ4n) is 4.63. The van der Waals surface area contributed by atoms with Crippen LogP contribution in [-0.4, -0.2) is 6.61 Å². The van der Waals surface area contributed by atoms with Crippen LogP contribution in [-0.2, 0) is 4.74 Å². The summed E-state index contributed by atoms with van der Waals surface area (Å²) in [5.41, 5.74) is 2.73. The van der Waals surface area contributed by atoms with Crippen molar-refractivity contribution in [1.29, 1.82) is 0 Å². The van der Waals surface area contributed by atoms with E-state index >= 15 is 4.39 Å². The fraction of sp³-hybridized carbons (Fsp3) is 0.333. The lowest BCUT2D eigenvalue weighted by atomic mass is 9.76. The predicted molar refractivity (Wildman–Crippen MR) is 135 cm³/mol. The van der Waals surface area contributed by atoms with Gasteiger partial charge in [0.2, 0.25) is 0 Å². The highest BCUT2D eigenvalue weighted by atomic mass is 19.2. The van der Waals surface area contributed by atoms with Crippen LogP contribution in [0.4, 0.5) is 13.2 Å². The lowest BCUT2D eigenvalue weighted by molar-refractivity contribution is 0.243. The first-order chi connectivity index (χ1) is 16.3. The number of rotatable bonds is 10. The molecule has 0 spiro atoms. The van der Waals surface area contributed by atoms with Crippen LogP contribution < -0.4 is 0 Å². The molecule has 0 amide bonds. The third-order valence-corrected chi connectivity index (χ3v) is 6.67. The molecule has 4 heteroatoms. The molecular formula is C30H33F3O. The van der Waals surface area contributed by atoms with Crippen molar-refractivity contribution in [1.82, 2.24) is 0 Å². The molecule has 180 valence electrons. The van der Waals surface area contributed by atoms with Gasteiger partial charge in [-0.1, -0.05) is 62.2 Å². The van der Waals surface area contributed by atoms with Crippen LogP contribution in [0, 0.1) is 17.6 Å². The first-order valence-electron chi connectivity index (χ1n) is 11.9. The van der Waals surface area contributed by atoms with E-state index in [1.54, 1.807) is 30.3 Å². The van der Waals surface area contributed by atoms with E-state index in [-0.39, 0.29) is 17.2 Å². The molecule has 34 heavy (non-hydrogen) atoms. The molecule has 1 saturated carbocycles. The Balaban J connectivity index is 1.57. The zero-order chi connectivity index (χ0) is 24.7. The van der Waals surface area contributed by atoms with Gasteiger partial charge in [0.25, 0.3) is 0 Å². The number of allylic oxidation sites excluding steroid dienone is 3. The van der Waals surface area contributed by atoms with Crippen LogP contribution in [0.3, 0.4) is 0 Å². The molecule has 0 radical (unpaired) electrons. The van der Waals surface area contributed by atoms with Gasteiger partial charge in [-0.2, -0.15) is 0 Å². The van der Waals surface area contributed by atoms with Crippen LogP contribution in [0.25, 0.3) is 17.2 Å². The molecule has 1 aliphatic rings. The van der Waals surface area contributed by atoms with E-state index in [0.717, 1.165) is 37.7 Å². The molecule has 0 N–H and O–H groups in total. The van der Waals surface area contributed by atoms with Crippen LogP contribution in [0.1, 0.15) is 62.5 Å². The summed E-state index contributed by atoms with van der Waals surface area (Å²) in [5.74, 6) is -1.23. The summed E-state index contributed by atoms with van der Waals surface area (Å²) in [6.07, 6.45) is 7.76. The van der Waals surface area contributed by atoms with Gasteiger partial charge < -0.3 is 4.74 Å². The lowest BCUT2D eigenvalue weighted by Gasteiger charge is -2.29. The van der Waals surface area contributed by atoms with Crippen molar-refractivity contribution in [2.24, 2.45) is 5.92 Å². The third kappa shape index (κ3) is 6.31. The summed E-state index contributed by atoms with van der Waals surface area (Å²) in [6.45, 7) is 13.5. The minimum absolute atomic E-state index is 0.00251. The van der Waals surface area contributed by atoms with Crippen molar-refractivity contribution >= 4 is 6.08 Å². The lowest BCUT2D eigenvalue weighted by Crippen LogP contribution is -2.15. The highest BCUT2D eigenvalue weighted by Gasteiger charge is 2.26. The monoisotopic (exact) mass is 466 g/mol. The van der Waals surface area contributed by atoms with Gasteiger partial charge in [0.1, 0.15) is 11.6 Å². The van der Waals surface area contributed by atoms with Gasteiger partial charge in [-0.15, -0.1) is 0 Å². The van der Waals surface area contributed by atoms with E-state index in [2.05, 4.69) is 19.7 Å². The molecular weight excluding hydrogens is 433 g/mol. The van der Waals surface area contributed by atoms with Gasteiger partial charge in [-0.25, -0.2) is 13.2 Å². The van der Waals surface area contributed by atoms with Crippen molar-refractivity contribution in [2.45, 2.75) is 51.4 Å². The zero-order valence-electron chi connectivity index (χ0n) is 19.9. The number of ether oxygens (including phenoxy) is 1. The predicted octanol–water partition coefficient (Wildman–Crippen LogP) is 9.29. The Labute approximate surface area is 201 Å². The first-order valence-corrected chi connectivity index (χ1v) is 11.9. The molecule has 1 aliphatic carbocycles. The molecule has 0 unspecified atom stereocenters. The molecule has 3 rings (SSSR count). The van der Waals surface area contributed by atoms with Crippen LogP contribution in [0.5, 0.6) is 0 Å². The second-order valence-corrected chi connectivity index (χ2v) is 8.91. The summed E-state index contributed by atoms with van der Waals surface area (Å²) < 4.78 is 49.3. The van der Waals surface area contributed by atoms with E-state index in [9.17, 15) is 8.78 Å². The van der Waals surface area contributed by atoms with Crippen molar-refractivity contribution in [3.63, 3.8) is 0 Å². The second kappa shape index (κ2) is 11.9. The van der Waals surface area contributed by atoms with Crippen LogP contribution >= 0.6 is 0 Å². The smallest absolute Gasteiger partial charge is 0.166 e. The van der Waals surface area contributed by atoms with E-state index in [1.807, 2.05) is 19.1 Å². The summed E-state index contributed by atoms with van der Waals surface area (Å²) >= 11 is 0. The van der Waals surface area contributed by atoms with E-state index < -0.39 is 17.5 Å². The van der Waals surface area contributed by atoms with Gasteiger partial charge in [0, 0.05) is 11.6 Å². The standard InChI is InChI=1S/C30H33F3O/c1-5-22-9-13-24(14-10-22)26-17-18-27(30(33)29(26)32)25-15-11-23(12-16-25)8-7-20(3)28(31)19-21(4)34-6-2/h5,9-10,13-14,17-19,23,25H,1,3-4,6-8,11-12,15-16H2,2H3/b28-19+. The Morgan fingerprint density at radius 3 is 2.29 bits per heavy atom. The van der Waals surface area contributed by atoms with Crippen molar-refractivity contribution in [2.75, 3.05) is 6.61 Å². The molecule has 0 bridgehead atoms. The summed E-state index contributed by atoms with van der Waals surface area (Å²) in [7, 11) is 0. The molecule has 0 saturated heterocycles. The Hall–Kier alpha value is -3.01. The number of halogens is 3. The molecule has 0 atom stereocenters. The van der Waals surface area contributed by atoms with E-state index in [4.69, 9.17) is 4.74 Å². The molecule has 0 heterocycles. The molecule has 1 nitrogen and oxygen atoms in total. The Morgan fingerprint density at radius 1 is 1.00 bits per heavy atom. The van der Waals surface area contributed by atoms with Crippen molar-refractivity contribution < 1.29 is 17.9 Å². The van der Waals surface area contributed by atoms with Gasteiger partial charge >= 0.3 is 0 Å². The normalized spacial score (nSPS) is 18.4. The molecule has 2 aromatic rings. The molecule has 0 aromatic heterocycles. The molecule has 1 fully saturated rings. The van der Waals surface area contributed by atoms with Gasteiger partial charge in [0.05, 0.1) is 6.61 Å². The fourth-order valence-corrected chi connectivity index (χ4v) is 4.63. The van der Waals surface area contributed by atoms with Crippen LogP contribution in [0.15, 0.2) is 79.4 Å². The van der Waals surface area contributed by atoms with Gasteiger partial charge in [0.15, 0.2) is 11.6 Å². The average molecular weight is 467 g/mol. The quantitative estimate of drug-likeness (QED) is 0.250. The Bertz CT molecular complexity index is 1060. The number of hydrogen-bond donors (Lipinski definition) is 0. The SMILES string of the molecule is C=Cc1ccc(-c2ccc(C3CCC(CCC(=C)/C(F)=C\C(=C)OCC)CC3)c(F)c2F)cc1. The van der Waals surface area contributed by atoms with Crippen LogP contribution in [0.2, 0.25) is 0 Å². The van der Waals surface area contributed by atoms with Gasteiger partial charge in [-0.05, 0) is 79.5 Å². The highest BCUT2D eigenvalue weighted by Crippen LogP contribution is 2.40. The van der Waals surface area contributed by atoms with Crippen molar-refractivity contribution in [3.05, 3.63) is 102 Å². The summed E-state index contributed by atoms with van der Waals surface area (Å²) in [6, 6.07) is 10.6. The number of benzene rings is 2. The minimum atomic E-state index is -0.793. The Morgan fingerprint density at radius 2 is 1.68 bits per heavy atom. The third-order valence-electron chi connectivity index (χ3n) is 6.67. The topological polar surface area (TPSA) is 9.23 Å².